The van der Waals surface area contributed by atoms with Crippen molar-refractivity contribution in [2.24, 2.45) is 0 Å². The van der Waals surface area contributed by atoms with Gasteiger partial charge in [0.2, 0.25) is 0 Å². The van der Waals surface area contributed by atoms with E-state index < -0.39 is 0 Å². The minimum atomic E-state index is -0.328. The maximum atomic E-state index is 11.6. The van der Waals surface area contributed by atoms with E-state index in [1.807, 2.05) is 35.0 Å². The van der Waals surface area contributed by atoms with Crippen molar-refractivity contribution in [2.75, 3.05) is 27.7 Å². The summed E-state index contributed by atoms with van der Waals surface area (Å²) in [6, 6.07) is 0. The first-order valence-electron chi connectivity index (χ1n) is 5.77. The average Bonchev–Trinajstić information content (AvgIpc) is 1.95. The van der Waals surface area contributed by atoms with Crippen molar-refractivity contribution >= 4 is 22.8 Å². The lowest BCUT2D eigenvalue weighted by Crippen LogP contribution is -2.43. The predicted molar refractivity (Wildman–Crippen MR) is 71.2 cm³/mol. The molecule has 0 aromatic rings. The van der Waals surface area contributed by atoms with Crippen LogP contribution in [0.4, 0.5) is 4.79 Å². The van der Waals surface area contributed by atoms with Gasteiger partial charge in [-0.2, -0.15) is 0 Å². The van der Waals surface area contributed by atoms with Gasteiger partial charge >= 0.3 is 5.30 Å². The topological polar surface area (TPSA) is 43.4 Å². The molecule has 4 nitrogen and oxygen atoms in total. The second-order valence-corrected chi connectivity index (χ2v) is 7.05. The minimum absolute atomic E-state index is 0.0470. The zero-order valence-corrected chi connectivity index (χ0v) is 12.5. The first kappa shape index (κ1) is 16.4. The Bertz CT molecular complexity index is 271. The van der Waals surface area contributed by atoms with Crippen LogP contribution in [0.15, 0.2) is 0 Å². The molecule has 0 saturated heterocycles. The fourth-order valence-corrected chi connectivity index (χ4v) is 2.01. The number of hydrogen-bond donors (Lipinski definition) is 0. The molecule has 5 heteroatoms. The number of ether oxygens (including phenoxy) is 1. The van der Waals surface area contributed by atoms with Crippen molar-refractivity contribution in [3.8, 4) is 0 Å². The van der Waals surface area contributed by atoms with Crippen LogP contribution in [0.2, 0.25) is 0 Å². The van der Waals surface area contributed by atoms with Gasteiger partial charge in [-0.05, 0) is 18.7 Å². The van der Waals surface area contributed by atoms with Gasteiger partial charge in [0, 0.05) is 11.7 Å². The van der Waals surface area contributed by atoms with Crippen molar-refractivity contribution < 1.29 is 18.8 Å². The summed E-state index contributed by atoms with van der Waals surface area (Å²) in [5, 5.41) is -0.0932. The third-order valence-electron chi connectivity index (χ3n) is 1.86. The largest absolute Gasteiger partial charge is 0.448 e. The van der Waals surface area contributed by atoms with E-state index in [9.17, 15) is 9.59 Å². The Morgan fingerprint density at radius 1 is 1.24 bits per heavy atom. The van der Waals surface area contributed by atoms with E-state index in [-0.39, 0.29) is 22.4 Å². The SMILES string of the molecule is CC(=O)CC(C[N+](C)(C)C)OC(=O)SC(C)C. The Morgan fingerprint density at radius 3 is 2.12 bits per heavy atom. The molecular formula is C12H24NO3S+. The van der Waals surface area contributed by atoms with Crippen molar-refractivity contribution in [1.29, 1.82) is 0 Å². The van der Waals surface area contributed by atoms with Crippen LogP contribution in [0.1, 0.15) is 27.2 Å². The Balaban J connectivity index is 4.38. The maximum Gasteiger partial charge on any atom is 0.368 e. The number of ketones is 1. The van der Waals surface area contributed by atoms with Crippen molar-refractivity contribution in [3.63, 3.8) is 0 Å². The monoisotopic (exact) mass is 262 g/mol. The lowest BCUT2D eigenvalue weighted by molar-refractivity contribution is -0.873. The summed E-state index contributed by atoms with van der Waals surface area (Å²) in [4.78, 5) is 22.7. The maximum absolute atomic E-state index is 11.6. The third-order valence-corrected chi connectivity index (χ3v) is 2.62. The number of hydrogen-bond acceptors (Lipinski definition) is 4. The molecule has 0 fully saturated rings. The molecule has 0 aliphatic rings. The molecule has 0 heterocycles. The van der Waals surface area contributed by atoms with E-state index in [1.54, 1.807) is 0 Å². The molecule has 0 aliphatic heterocycles. The number of rotatable bonds is 6. The summed E-state index contributed by atoms with van der Waals surface area (Å²) in [7, 11) is 6.03. The summed E-state index contributed by atoms with van der Waals surface area (Å²) in [6.07, 6.45) is -0.0360. The van der Waals surface area contributed by atoms with Gasteiger partial charge in [0.1, 0.15) is 12.3 Å². The van der Waals surface area contributed by atoms with Crippen LogP contribution < -0.4 is 0 Å². The molecule has 0 aliphatic carbocycles. The average molecular weight is 262 g/mol. The van der Waals surface area contributed by atoms with Gasteiger partial charge in [-0.1, -0.05) is 13.8 Å². The van der Waals surface area contributed by atoms with Gasteiger partial charge in [-0.15, -0.1) is 0 Å². The molecular weight excluding hydrogens is 238 g/mol. The highest BCUT2D eigenvalue weighted by molar-refractivity contribution is 8.13. The van der Waals surface area contributed by atoms with Gasteiger partial charge in [-0.25, -0.2) is 4.79 Å². The molecule has 0 spiro atoms. The number of thioether (sulfide) groups is 1. The number of carbonyl (C=O) groups is 2. The summed E-state index contributed by atoms with van der Waals surface area (Å²) in [5.41, 5.74) is 0. The second kappa shape index (κ2) is 7.01. The van der Waals surface area contributed by atoms with Crippen LogP contribution >= 0.6 is 11.8 Å². The Kier molecular flexibility index (Phi) is 6.78. The Morgan fingerprint density at radius 2 is 1.76 bits per heavy atom. The second-order valence-electron chi connectivity index (χ2n) is 5.54. The quantitative estimate of drug-likeness (QED) is 0.544. The van der Waals surface area contributed by atoms with E-state index in [1.165, 1.54) is 6.92 Å². The van der Waals surface area contributed by atoms with E-state index in [0.717, 1.165) is 11.8 Å². The molecule has 1 unspecified atom stereocenters. The number of nitrogens with zero attached hydrogens (tertiary/aromatic N) is 1. The molecule has 0 saturated carbocycles. The van der Waals surface area contributed by atoms with E-state index in [2.05, 4.69) is 0 Å². The molecule has 17 heavy (non-hydrogen) atoms. The fourth-order valence-electron chi connectivity index (χ4n) is 1.43. The zero-order valence-electron chi connectivity index (χ0n) is 11.6. The molecule has 0 aromatic heterocycles. The summed E-state index contributed by atoms with van der Waals surface area (Å²) < 4.78 is 6.00. The van der Waals surface area contributed by atoms with Crippen LogP contribution in [-0.4, -0.2) is 54.6 Å². The van der Waals surface area contributed by atoms with Crippen molar-refractivity contribution in [2.45, 2.75) is 38.5 Å². The Hall–Kier alpha value is -0.550. The number of carbonyl (C=O) groups excluding carboxylic acids is 2. The van der Waals surface area contributed by atoms with E-state index in [0.29, 0.717) is 17.4 Å². The van der Waals surface area contributed by atoms with Crippen LogP contribution in [0.5, 0.6) is 0 Å². The zero-order chi connectivity index (χ0) is 13.6. The molecule has 0 amide bonds. The van der Waals surface area contributed by atoms with Crippen LogP contribution in [0.3, 0.4) is 0 Å². The third kappa shape index (κ3) is 10.3. The predicted octanol–water partition coefficient (Wildman–Crippen LogP) is 2.32. The first-order valence-corrected chi connectivity index (χ1v) is 6.65. The van der Waals surface area contributed by atoms with Gasteiger partial charge in [0.15, 0.2) is 6.10 Å². The van der Waals surface area contributed by atoms with Gasteiger partial charge in [0.05, 0.1) is 21.1 Å². The fraction of sp³-hybridized carbons (Fsp3) is 0.833. The molecule has 100 valence electrons. The summed E-state index contributed by atoms with van der Waals surface area (Å²) in [6.45, 7) is 6.04. The number of quaternary nitrogens is 1. The lowest BCUT2D eigenvalue weighted by atomic mass is 10.2. The van der Waals surface area contributed by atoms with E-state index in [4.69, 9.17) is 4.74 Å². The van der Waals surface area contributed by atoms with Crippen LogP contribution in [-0.2, 0) is 9.53 Å². The Labute approximate surface area is 108 Å². The van der Waals surface area contributed by atoms with Gasteiger partial charge in [0.25, 0.3) is 0 Å². The smallest absolute Gasteiger partial charge is 0.368 e. The first-order chi connectivity index (χ1) is 7.60. The van der Waals surface area contributed by atoms with Gasteiger partial charge in [-0.3, -0.25) is 4.79 Å². The standard InChI is InChI=1S/C12H24NO3S/c1-9(2)17-12(15)16-11(7-10(3)14)8-13(4,5)6/h9,11H,7-8H2,1-6H3/q+1. The van der Waals surface area contributed by atoms with Crippen molar-refractivity contribution in [1.82, 2.24) is 0 Å². The summed E-state index contributed by atoms with van der Waals surface area (Å²) >= 11 is 1.16. The molecule has 1 atom stereocenters. The normalized spacial score (nSPS) is 13.6. The highest BCUT2D eigenvalue weighted by atomic mass is 32.2. The highest BCUT2D eigenvalue weighted by Gasteiger charge is 2.24. The molecule has 0 N–H and O–H groups in total. The number of likely N-dealkylation sites (N-methyl/N-ethyl adjacent to an activating group) is 1. The molecule has 0 rings (SSSR count). The highest BCUT2D eigenvalue weighted by Crippen LogP contribution is 2.16. The van der Waals surface area contributed by atoms with E-state index >= 15 is 0 Å². The lowest BCUT2D eigenvalue weighted by Gasteiger charge is -2.28. The minimum Gasteiger partial charge on any atom is -0.448 e. The van der Waals surface area contributed by atoms with Crippen LogP contribution in [0, 0.1) is 0 Å². The molecule has 0 radical (unpaired) electrons. The van der Waals surface area contributed by atoms with Crippen molar-refractivity contribution in [3.05, 3.63) is 0 Å². The molecule has 0 aromatic carbocycles. The summed E-state index contributed by atoms with van der Waals surface area (Å²) in [5.74, 6) is 0.0470. The number of Topliss-reactive ketones (excluding diaryl/α,β-unsaturated/α-hetero) is 1. The van der Waals surface area contributed by atoms with Crippen LogP contribution in [0.25, 0.3) is 0 Å². The molecule has 0 bridgehead atoms. The van der Waals surface area contributed by atoms with Gasteiger partial charge < -0.3 is 9.22 Å².